The smallest absolute Gasteiger partial charge is 0.265 e. The topological polar surface area (TPSA) is 74.6 Å². The summed E-state index contributed by atoms with van der Waals surface area (Å²) in [4.78, 5) is 0. The molecule has 1 aliphatic rings. The normalized spacial score (nSPS) is 18.4. The number of hydrogen-bond acceptors (Lipinski definition) is 3. The zero-order valence-electron chi connectivity index (χ0n) is 8.76. The maximum atomic E-state index is 10.9. The van der Waals surface area contributed by atoms with Crippen LogP contribution >= 0.6 is 0 Å². The Labute approximate surface area is 94.7 Å². The molecule has 0 aliphatic heterocycles. The van der Waals surface area contributed by atoms with E-state index in [1.54, 1.807) is 0 Å². The highest BCUT2D eigenvalue weighted by Gasteiger charge is 2.40. The molecule has 0 heterocycles. The molecule has 2 N–H and O–H groups in total. The van der Waals surface area contributed by atoms with E-state index in [0.717, 1.165) is 11.1 Å². The molecule has 0 spiro atoms. The van der Waals surface area contributed by atoms with Crippen molar-refractivity contribution >= 4 is 10.1 Å². The van der Waals surface area contributed by atoms with E-state index in [-0.39, 0.29) is 12.4 Å². The fourth-order valence-electron chi connectivity index (χ4n) is 2.42. The Hall–Kier alpha value is -0.910. The molecule has 1 aromatic carbocycles. The maximum absolute atomic E-state index is 10.9. The largest absolute Gasteiger partial charge is 0.396 e. The van der Waals surface area contributed by atoms with Crippen LogP contribution in [0.1, 0.15) is 11.1 Å². The second-order valence-corrected chi connectivity index (χ2v) is 5.96. The fourth-order valence-corrected chi connectivity index (χ4v) is 3.49. The molecule has 0 aromatic heterocycles. The molecule has 0 atom stereocenters. The van der Waals surface area contributed by atoms with Gasteiger partial charge in [-0.2, -0.15) is 8.42 Å². The van der Waals surface area contributed by atoms with Gasteiger partial charge in [0.15, 0.2) is 0 Å². The average Bonchev–Trinajstić information content (AvgIpc) is 2.53. The fraction of sp³-hybridized carbons (Fsp3) is 0.455. The highest BCUT2D eigenvalue weighted by atomic mass is 32.2. The SMILES string of the molecule is O=S(=O)(O)CC1(CO)Cc2ccccc2C1. The zero-order valence-corrected chi connectivity index (χ0v) is 9.57. The van der Waals surface area contributed by atoms with Crippen LogP contribution in [0.15, 0.2) is 24.3 Å². The van der Waals surface area contributed by atoms with E-state index in [4.69, 9.17) is 4.55 Å². The molecule has 0 fully saturated rings. The lowest BCUT2D eigenvalue weighted by Crippen LogP contribution is -2.34. The van der Waals surface area contributed by atoms with Crippen LogP contribution in [-0.2, 0) is 23.0 Å². The molecule has 0 saturated heterocycles. The van der Waals surface area contributed by atoms with Crippen molar-refractivity contribution < 1.29 is 18.1 Å². The van der Waals surface area contributed by atoms with Gasteiger partial charge in [0.1, 0.15) is 0 Å². The van der Waals surface area contributed by atoms with Gasteiger partial charge in [0, 0.05) is 5.41 Å². The quantitative estimate of drug-likeness (QED) is 0.763. The Morgan fingerprint density at radius 1 is 1.19 bits per heavy atom. The molecule has 4 nitrogen and oxygen atoms in total. The number of benzene rings is 1. The maximum Gasteiger partial charge on any atom is 0.265 e. The van der Waals surface area contributed by atoms with Crippen molar-refractivity contribution in [3.05, 3.63) is 35.4 Å². The summed E-state index contributed by atoms with van der Waals surface area (Å²) in [5.41, 5.74) is 1.36. The molecule has 16 heavy (non-hydrogen) atoms. The Morgan fingerprint density at radius 3 is 2.06 bits per heavy atom. The second-order valence-electron chi connectivity index (χ2n) is 4.51. The number of hydrogen-bond donors (Lipinski definition) is 2. The van der Waals surface area contributed by atoms with Crippen molar-refractivity contribution in [3.63, 3.8) is 0 Å². The zero-order chi connectivity index (χ0) is 11.8. The van der Waals surface area contributed by atoms with Crippen LogP contribution in [0, 0.1) is 5.41 Å². The third-order valence-electron chi connectivity index (χ3n) is 3.07. The lowest BCUT2D eigenvalue weighted by atomic mass is 9.88. The molecule has 0 amide bonds. The molecule has 2 rings (SSSR count). The molecule has 0 bridgehead atoms. The van der Waals surface area contributed by atoms with E-state index in [0.29, 0.717) is 12.8 Å². The summed E-state index contributed by atoms with van der Waals surface area (Å²) in [5, 5.41) is 9.38. The molecule has 1 aromatic rings. The molecular formula is C11H14O4S. The van der Waals surface area contributed by atoms with E-state index < -0.39 is 15.5 Å². The van der Waals surface area contributed by atoms with Crippen LogP contribution in [0.3, 0.4) is 0 Å². The van der Waals surface area contributed by atoms with Crippen molar-refractivity contribution in [2.75, 3.05) is 12.4 Å². The van der Waals surface area contributed by atoms with Crippen LogP contribution in [0.25, 0.3) is 0 Å². The van der Waals surface area contributed by atoms with Crippen LogP contribution in [0.2, 0.25) is 0 Å². The van der Waals surface area contributed by atoms with Crippen molar-refractivity contribution in [1.82, 2.24) is 0 Å². The van der Waals surface area contributed by atoms with Gasteiger partial charge >= 0.3 is 0 Å². The molecule has 5 heteroatoms. The highest BCUT2D eigenvalue weighted by Crippen LogP contribution is 2.37. The summed E-state index contributed by atoms with van der Waals surface area (Å²) < 4.78 is 30.8. The number of aliphatic hydroxyl groups is 1. The standard InChI is InChI=1S/C11H14O4S/c12-7-11(8-16(13,14)15)5-9-3-1-2-4-10(9)6-11/h1-4,12H,5-8H2,(H,13,14,15). The minimum atomic E-state index is -4.06. The van der Waals surface area contributed by atoms with Crippen LogP contribution < -0.4 is 0 Å². The minimum absolute atomic E-state index is 0.235. The first-order valence-corrected chi connectivity index (χ1v) is 6.68. The predicted octanol–water partition coefficient (Wildman–Crippen LogP) is 0.652. The van der Waals surface area contributed by atoms with Gasteiger partial charge in [0.05, 0.1) is 12.4 Å². The minimum Gasteiger partial charge on any atom is -0.396 e. The number of aliphatic hydroxyl groups excluding tert-OH is 1. The molecular weight excluding hydrogens is 228 g/mol. The first kappa shape index (κ1) is 11.6. The van der Waals surface area contributed by atoms with Gasteiger partial charge in [-0.25, -0.2) is 0 Å². The molecule has 1 aliphatic carbocycles. The van der Waals surface area contributed by atoms with Gasteiger partial charge < -0.3 is 5.11 Å². The summed E-state index contributed by atoms with van der Waals surface area (Å²) in [5.74, 6) is -0.384. The summed E-state index contributed by atoms with van der Waals surface area (Å²) >= 11 is 0. The van der Waals surface area contributed by atoms with Gasteiger partial charge in [-0.3, -0.25) is 4.55 Å². The van der Waals surface area contributed by atoms with Crippen LogP contribution in [0.4, 0.5) is 0 Å². The van der Waals surface area contributed by atoms with E-state index in [1.807, 2.05) is 24.3 Å². The Kier molecular flexibility index (Phi) is 2.77. The second kappa shape index (κ2) is 3.84. The van der Waals surface area contributed by atoms with Gasteiger partial charge in [-0.05, 0) is 24.0 Å². The van der Waals surface area contributed by atoms with E-state index in [9.17, 15) is 13.5 Å². The van der Waals surface area contributed by atoms with Gasteiger partial charge in [0.2, 0.25) is 0 Å². The third kappa shape index (κ3) is 2.26. The van der Waals surface area contributed by atoms with Gasteiger partial charge in [-0.15, -0.1) is 0 Å². The Bertz CT molecular complexity index is 467. The van der Waals surface area contributed by atoms with E-state index in [1.165, 1.54) is 0 Å². The highest BCUT2D eigenvalue weighted by molar-refractivity contribution is 7.85. The van der Waals surface area contributed by atoms with Crippen molar-refractivity contribution in [2.24, 2.45) is 5.41 Å². The molecule has 0 radical (unpaired) electrons. The Morgan fingerprint density at radius 2 is 1.69 bits per heavy atom. The monoisotopic (exact) mass is 242 g/mol. The summed E-state index contributed by atoms with van der Waals surface area (Å²) in [6.07, 6.45) is 0.999. The van der Waals surface area contributed by atoms with Crippen molar-refractivity contribution in [3.8, 4) is 0 Å². The lowest BCUT2D eigenvalue weighted by Gasteiger charge is -2.24. The average molecular weight is 242 g/mol. The van der Waals surface area contributed by atoms with E-state index >= 15 is 0 Å². The van der Waals surface area contributed by atoms with Gasteiger partial charge in [-0.1, -0.05) is 24.3 Å². The summed E-state index contributed by atoms with van der Waals surface area (Å²) in [6.45, 7) is -0.235. The predicted molar refractivity (Wildman–Crippen MR) is 59.8 cm³/mol. The summed E-state index contributed by atoms with van der Waals surface area (Å²) in [7, 11) is -4.06. The first-order valence-electron chi connectivity index (χ1n) is 5.07. The third-order valence-corrected chi connectivity index (χ3v) is 4.05. The number of fused-ring (bicyclic) bond motifs is 1. The van der Waals surface area contributed by atoms with Crippen molar-refractivity contribution in [1.29, 1.82) is 0 Å². The number of rotatable bonds is 3. The van der Waals surface area contributed by atoms with Gasteiger partial charge in [0.25, 0.3) is 10.1 Å². The van der Waals surface area contributed by atoms with E-state index in [2.05, 4.69) is 0 Å². The van der Waals surface area contributed by atoms with Crippen LogP contribution in [0.5, 0.6) is 0 Å². The Balaban J connectivity index is 2.30. The first-order chi connectivity index (χ1) is 7.44. The lowest BCUT2D eigenvalue weighted by molar-refractivity contribution is 0.152. The molecule has 88 valence electrons. The molecule has 0 saturated carbocycles. The molecule has 0 unspecified atom stereocenters. The van der Waals surface area contributed by atoms with Crippen LogP contribution in [-0.4, -0.2) is 30.4 Å². The summed E-state index contributed by atoms with van der Waals surface area (Å²) in [6, 6.07) is 7.63. The van der Waals surface area contributed by atoms with Crippen molar-refractivity contribution in [2.45, 2.75) is 12.8 Å².